The highest BCUT2D eigenvalue weighted by atomic mass is 32.1. The van der Waals surface area contributed by atoms with Crippen molar-refractivity contribution < 1.29 is 18.7 Å². The number of hydrogen-bond acceptors (Lipinski definition) is 4. The number of halogens is 1. The van der Waals surface area contributed by atoms with Gasteiger partial charge in [-0.05, 0) is 35.2 Å². The van der Waals surface area contributed by atoms with E-state index in [1.165, 1.54) is 29.5 Å². The topological polar surface area (TPSA) is 55.4 Å². The number of carbonyl (C=O) groups is 2. The molecule has 1 aromatic heterocycles. The molecular weight excluding hydrogens is 305 g/mol. The van der Waals surface area contributed by atoms with E-state index in [0.29, 0.717) is 12.1 Å². The minimum absolute atomic E-state index is 0.350. The number of esters is 1. The minimum Gasteiger partial charge on any atom is -0.452 e. The Hall–Kier alpha value is -2.47. The third kappa shape index (κ3) is 5.49. The lowest BCUT2D eigenvalue weighted by Crippen LogP contribution is -2.27. The first-order chi connectivity index (χ1) is 10.6. The van der Waals surface area contributed by atoms with Crippen molar-refractivity contribution in [2.75, 3.05) is 6.61 Å². The van der Waals surface area contributed by atoms with Crippen molar-refractivity contribution in [1.29, 1.82) is 0 Å². The molecule has 0 fully saturated rings. The van der Waals surface area contributed by atoms with Crippen LogP contribution in [0.1, 0.15) is 10.4 Å². The molecule has 0 aliphatic carbocycles. The van der Waals surface area contributed by atoms with Gasteiger partial charge in [0.05, 0.1) is 6.54 Å². The van der Waals surface area contributed by atoms with Gasteiger partial charge in [-0.3, -0.25) is 4.79 Å². The number of hydrogen-bond donors (Lipinski definition) is 1. The van der Waals surface area contributed by atoms with Gasteiger partial charge in [0.1, 0.15) is 5.82 Å². The molecule has 0 atom stereocenters. The number of rotatable bonds is 6. The van der Waals surface area contributed by atoms with Gasteiger partial charge in [0.2, 0.25) is 0 Å². The molecule has 22 heavy (non-hydrogen) atoms. The maximum absolute atomic E-state index is 12.9. The van der Waals surface area contributed by atoms with Gasteiger partial charge in [0.25, 0.3) is 5.91 Å². The van der Waals surface area contributed by atoms with E-state index in [9.17, 15) is 14.0 Å². The number of nitrogens with one attached hydrogen (secondary N) is 1. The van der Waals surface area contributed by atoms with Crippen LogP contribution in [0.2, 0.25) is 0 Å². The van der Waals surface area contributed by atoms with Gasteiger partial charge in [-0.2, -0.15) is 0 Å². The lowest BCUT2D eigenvalue weighted by atomic mass is 10.2. The summed E-state index contributed by atoms with van der Waals surface area (Å²) in [5, 5.41) is 4.56. The molecular formula is C16H14FNO3S. The van der Waals surface area contributed by atoms with Crippen LogP contribution in [-0.4, -0.2) is 18.5 Å². The van der Waals surface area contributed by atoms with Crippen molar-refractivity contribution in [3.63, 3.8) is 0 Å². The molecule has 0 bridgehead atoms. The van der Waals surface area contributed by atoms with Crippen molar-refractivity contribution in [2.45, 2.75) is 6.54 Å². The third-order valence-corrected chi connectivity index (χ3v) is 3.52. The lowest BCUT2D eigenvalue weighted by molar-refractivity contribution is -0.143. The van der Waals surface area contributed by atoms with Gasteiger partial charge in [-0.1, -0.05) is 18.2 Å². The van der Waals surface area contributed by atoms with Crippen molar-refractivity contribution in [3.05, 3.63) is 64.1 Å². The normalized spacial score (nSPS) is 10.6. The molecule has 2 aromatic rings. The van der Waals surface area contributed by atoms with Gasteiger partial charge in [0, 0.05) is 11.0 Å². The zero-order chi connectivity index (χ0) is 15.8. The number of thiophene rings is 1. The largest absolute Gasteiger partial charge is 0.452 e. The summed E-state index contributed by atoms with van der Waals surface area (Å²) in [6.45, 7) is 0.0604. The van der Waals surface area contributed by atoms with E-state index in [1.54, 1.807) is 12.1 Å². The number of carbonyl (C=O) groups excluding carboxylic acids is 2. The summed E-state index contributed by atoms with van der Waals surface area (Å²) < 4.78 is 17.7. The quantitative estimate of drug-likeness (QED) is 0.658. The van der Waals surface area contributed by atoms with Gasteiger partial charge in [-0.15, -0.1) is 11.3 Å². The molecule has 1 N–H and O–H groups in total. The summed E-state index contributed by atoms with van der Waals surface area (Å²) in [7, 11) is 0. The average Bonchev–Trinajstić information content (AvgIpc) is 3.02. The summed E-state index contributed by atoms with van der Waals surface area (Å²) in [6, 6.07) is 9.59. The van der Waals surface area contributed by atoms with E-state index < -0.39 is 5.97 Å². The molecule has 0 saturated carbocycles. The fraction of sp³-hybridized carbons (Fsp3) is 0.125. The molecule has 0 aliphatic rings. The van der Waals surface area contributed by atoms with Crippen LogP contribution in [-0.2, 0) is 20.9 Å². The highest BCUT2D eigenvalue weighted by Crippen LogP contribution is 2.07. The fourth-order valence-electron chi connectivity index (χ4n) is 1.61. The first-order valence-corrected chi connectivity index (χ1v) is 7.41. The minimum atomic E-state index is -0.657. The van der Waals surface area contributed by atoms with Crippen LogP contribution in [0.3, 0.4) is 0 Å². The predicted molar refractivity (Wildman–Crippen MR) is 82.6 cm³/mol. The van der Waals surface area contributed by atoms with Gasteiger partial charge in [0.15, 0.2) is 6.61 Å². The monoisotopic (exact) mass is 319 g/mol. The first kappa shape index (κ1) is 15.9. The van der Waals surface area contributed by atoms with Gasteiger partial charge >= 0.3 is 5.97 Å². The highest BCUT2D eigenvalue weighted by Gasteiger charge is 2.05. The molecule has 2 rings (SSSR count). The van der Waals surface area contributed by atoms with Gasteiger partial charge in [-0.25, -0.2) is 9.18 Å². The molecule has 0 radical (unpaired) electrons. The molecule has 0 saturated heterocycles. The van der Waals surface area contributed by atoms with Crippen LogP contribution >= 0.6 is 11.3 Å². The maximum atomic E-state index is 12.9. The van der Waals surface area contributed by atoms with Crippen molar-refractivity contribution >= 4 is 29.3 Å². The highest BCUT2D eigenvalue weighted by molar-refractivity contribution is 7.09. The van der Waals surface area contributed by atoms with Crippen LogP contribution < -0.4 is 5.32 Å². The Morgan fingerprint density at radius 2 is 2.14 bits per heavy atom. The van der Waals surface area contributed by atoms with Crippen molar-refractivity contribution in [1.82, 2.24) is 5.32 Å². The molecule has 1 amide bonds. The zero-order valence-corrected chi connectivity index (χ0v) is 12.4. The van der Waals surface area contributed by atoms with Crippen molar-refractivity contribution in [3.8, 4) is 0 Å². The maximum Gasteiger partial charge on any atom is 0.331 e. The van der Waals surface area contributed by atoms with E-state index in [4.69, 9.17) is 4.74 Å². The summed E-state index contributed by atoms with van der Waals surface area (Å²) >= 11 is 1.53. The van der Waals surface area contributed by atoms with Crippen LogP contribution in [0.5, 0.6) is 0 Å². The van der Waals surface area contributed by atoms with Crippen LogP contribution in [0, 0.1) is 5.82 Å². The van der Waals surface area contributed by atoms with E-state index in [2.05, 4.69) is 5.32 Å². The molecule has 1 aromatic carbocycles. The molecule has 6 heteroatoms. The van der Waals surface area contributed by atoms with Gasteiger partial charge < -0.3 is 10.1 Å². The number of benzene rings is 1. The summed E-state index contributed by atoms with van der Waals surface area (Å²) in [5.41, 5.74) is 0.541. The average molecular weight is 319 g/mol. The summed E-state index contributed by atoms with van der Waals surface area (Å²) in [5.74, 6) is -1.42. The number of amides is 1. The van der Waals surface area contributed by atoms with Crippen LogP contribution in [0.25, 0.3) is 6.08 Å². The Kier molecular flexibility index (Phi) is 5.85. The van der Waals surface area contributed by atoms with Crippen molar-refractivity contribution in [2.24, 2.45) is 0 Å². The summed E-state index contributed by atoms with van der Waals surface area (Å²) in [6.07, 6.45) is 2.58. The molecule has 0 spiro atoms. The Bertz CT molecular complexity index is 668. The SMILES string of the molecule is O=C(COC(=O)C=Cc1cccc(F)c1)NCc1cccs1. The van der Waals surface area contributed by atoms with E-state index in [1.807, 2.05) is 17.5 Å². The number of ether oxygens (including phenoxy) is 1. The second kappa shape index (κ2) is 8.09. The van der Waals surface area contributed by atoms with Crippen LogP contribution in [0.4, 0.5) is 4.39 Å². The molecule has 0 aliphatic heterocycles. The standard InChI is InChI=1S/C16H14FNO3S/c17-13-4-1-3-12(9-13)6-7-16(20)21-11-15(19)18-10-14-5-2-8-22-14/h1-9H,10-11H2,(H,18,19). The van der Waals surface area contributed by atoms with E-state index >= 15 is 0 Å². The Morgan fingerprint density at radius 1 is 1.27 bits per heavy atom. The molecule has 0 unspecified atom stereocenters. The first-order valence-electron chi connectivity index (χ1n) is 6.53. The molecule has 4 nitrogen and oxygen atoms in total. The lowest BCUT2D eigenvalue weighted by Gasteiger charge is -2.03. The van der Waals surface area contributed by atoms with E-state index in [-0.39, 0.29) is 18.3 Å². The molecule has 1 heterocycles. The Labute approximate surface area is 131 Å². The molecule has 114 valence electrons. The Morgan fingerprint density at radius 3 is 2.86 bits per heavy atom. The predicted octanol–water partition coefficient (Wildman–Crippen LogP) is 2.76. The third-order valence-electron chi connectivity index (χ3n) is 2.65. The fourth-order valence-corrected chi connectivity index (χ4v) is 2.25. The van der Waals surface area contributed by atoms with E-state index in [0.717, 1.165) is 11.0 Å². The summed E-state index contributed by atoms with van der Waals surface area (Å²) in [4.78, 5) is 24.0. The second-order valence-electron chi connectivity index (χ2n) is 4.35. The second-order valence-corrected chi connectivity index (χ2v) is 5.38. The van der Waals surface area contributed by atoms with Crippen LogP contribution in [0.15, 0.2) is 47.9 Å². The zero-order valence-electron chi connectivity index (χ0n) is 11.6. The smallest absolute Gasteiger partial charge is 0.331 e. The Balaban J connectivity index is 1.71.